The van der Waals surface area contributed by atoms with E-state index in [0.717, 1.165) is 10.4 Å². The number of aliphatic imine (C=N–C) groups is 1. The number of hydrogen-bond donors (Lipinski definition) is 3. The zero-order valence-electron chi connectivity index (χ0n) is 18.5. The van der Waals surface area contributed by atoms with Crippen LogP contribution in [0, 0.1) is 0 Å². The fourth-order valence-electron chi connectivity index (χ4n) is 3.14. The molecule has 1 aromatic heterocycles. The average Bonchev–Trinajstić information content (AvgIpc) is 3.13. The molecule has 5 nitrogen and oxygen atoms in total. The number of nitrogens with zero attached hydrogens (tertiary/aromatic N) is 1. The van der Waals surface area contributed by atoms with Crippen LogP contribution in [0.25, 0.3) is 10.4 Å². The van der Waals surface area contributed by atoms with Crippen LogP contribution in [0.1, 0.15) is 49.2 Å². The van der Waals surface area contributed by atoms with Crippen LogP contribution in [0.15, 0.2) is 58.9 Å². The standard InChI is InChI=1S/C25H26N2O3S2/c1-15(26-13-21(31)27-19-7-5-6-17(12-19)24(29)30)20-14-32-23(22(20)28)16-8-10-18(11-9-16)25(2,3)4/h5-12,14,28H,13H2,1-4H3,(H,27,31)(H,29,30). The number of nitrogens with one attached hydrogen (secondary N) is 1. The molecule has 0 aliphatic carbocycles. The van der Waals surface area contributed by atoms with Crippen molar-refractivity contribution in [2.75, 3.05) is 11.9 Å². The fourth-order valence-corrected chi connectivity index (χ4v) is 4.33. The van der Waals surface area contributed by atoms with Crippen molar-refractivity contribution < 1.29 is 15.0 Å². The van der Waals surface area contributed by atoms with Gasteiger partial charge in [0.25, 0.3) is 0 Å². The fraction of sp³-hybridized carbons (Fsp3) is 0.240. The number of aromatic carboxylic acids is 1. The zero-order chi connectivity index (χ0) is 23.5. The van der Waals surface area contributed by atoms with Crippen LogP contribution in [0.4, 0.5) is 5.69 Å². The molecule has 0 aliphatic rings. The highest BCUT2D eigenvalue weighted by Crippen LogP contribution is 2.39. The minimum atomic E-state index is -0.995. The number of rotatable bonds is 6. The first-order valence-corrected chi connectivity index (χ1v) is 11.4. The summed E-state index contributed by atoms with van der Waals surface area (Å²) >= 11 is 6.82. The Morgan fingerprint density at radius 2 is 1.84 bits per heavy atom. The van der Waals surface area contributed by atoms with Crippen molar-refractivity contribution in [1.82, 2.24) is 0 Å². The molecule has 32 heavy (non-hydrogen) atoms. The monoisotopic (exact) mass is 466 g/mol. The van der Waals surface area contributed by atoms with Gasteiger partial charge in [0, 0.05) is 22.3 Å². The molecule has 3 aromatic rings. The van der Waals surface area contributed by atoms with E-state index in [0.29, 0.717) is 22.0 Å². The third-order valence-corrected chi connectivity index (χ3v) is 6.27. The van der Waals surface area contributed by atoms with Gasteiger partial charge in [-0.25, -0.2) is 4.79 Å². The molecule has 0 spiro atoms. The minimum Gasteiger partial charge on any atom is -0.506 e. The van der Waals surface area contributed by atoms with Crippen LogP contribution in [0.2, 0.25) is 0 Å². The van der Waals surface area contributed by atoms with E-state index >= 15 is 0 Å². The number of carbonyl (C=O) groups is 1. The van der Waals surface area contributed by atoms with Crippen molar-refractivity contribution >= 4 is 45.9 Å². The van der Waals surface area contributed by atoms with Crippen molar-refractivity contribution in [2.45, 2.75) is 33.1 Å². The molecule has 0 saturated carbocycles. The van der Waals surface area contributed by atoms with Gasteiger partial charge >= 0.3 is 5.97 Å². The molecule has 0 radical (unpaired) electrons. The van der Waals surface area contributed by atoms with Crippen LogP contribution in [-0.4, -0.2) is 33.4 Å². The smallest absolute Gasteiger partial charge is 0.335 e. The van der Waals surface area contributed by atoms with Crippen LogP contribution in [0.3, 0.4) is 0 Å². The van der Waals surface area contributed by atoms with E-state index < -0.39 is 5.97 Å². The molecular formula is C25H26N2O3S2. The van der Waals surface area contributed by atoms with Gasteiger partial charge in [-0.05, 0) is 41.7 Å². The normalized spacial score (nSPS) is 11.9. The van der Waals surface area contributed by atoms with E-state index in [9.17, 15) is 9.90 Å². The van der Waals surface area contributed by atoms with Gasteiger partial charge in [-0.3, -0.25) is 4.99 Å². The van der Waals surface area contributed by atoms with Gasteiger partial charge in [0.1, 0.15) is 10.7 Å². The number of hydrogen-bond acceptors (Lipinski definition) is 5. The van der Waals surface area contributed by atoms with Gasteiger partial charge in [0.05, 0.1) is 17.0 Å². The van der Waals surface area contributed by atoms with E-state index in [1.807, 2.05) is 24.4 Å². The molecule has 3 rings (SSSR count). The van der Waals surface area contributed by atoms with Crippen molar-refractivity contribution in [3.05, 3.63) is 70.6 Å². The molecule has 0 amide bonds. The van der Waals surface area contributed by atoms with E-state index in [2.05, 4.69) is 43.2 Å². The van der Waals surface area contributed by atoms with Crippen molar-refractivity contribution in [2.24, 2.45) is 4.99 Å². The third kappa shape index (κ3) is 5.60. The summed E-state index contributed by atoms with van der Waals surface area (Å²) in [7, 11) is 0. The predicted molar refractivity (Wildman–Crippen MR) is 137 cm³/mol. The summed E-state index contributed by atoms with van der Waals surface area (Å²) in [5.74, 6) is -0.780. The lowest BCUT2D eigenvalue weighted by molar-refractivity contribution is 0.0697. The van der Waals surface area contributed by atoms with Crippen molar-refractivity contribution in [3.8, 4) is 16.2 Å². The quantitative estimate of drug-likeness (QED) is 0.291. The number of thiocarbonyl (C=S) groups is 1. The molecule has 2 aromatic carbocycles. The highest BCUT2D eigenvalue weighted by Gasteiger charge is 2.17. The van der Waals surface area contributed by atoms with E-state index in [1.165, 1.54) is 29.0 Å². The van der Waals surface area contributed by atoms with Gasteiger partial charge in [-0.15, -0.1) is 11.3 Å². The van der Waals surface area contributed by atoms with Gasteiger partial charge in [-0.1, -0.05) is 63.3 Å². The number of benzene rings is 2. The molecule has 166 valence electrons. The summed E-state index contributed by atoms with van der Waals surface area (Å²) in [6.07, 6.45) is 0. The Labute approximate surface area is 197 Å². The molecule has 0 saturated heterocycles. The Bertz CT molecular complexity index is 1170. The Hall–Kier alpha value is -3.03. The zero-order valence-corrected chi connectivity index (χ0v) is 20.1. The largest absolute Gasteiger partial charge is 0.506 e. The van der Waals surface area contributed by atoms with E-state index in [-0.39, 0.29) is 23.3 Å². The van der Waals surface area contributed by atoms with Crippen molar-refractivity contribution in [1.29, 1.82) is 0 Å². The van der Waals surface area contributed by atoms with Gasteiger partial charge in [0.15, 0.2) is 0 Å². The number of carboxylic acid groups (broad SMARTS) is 1. The first-order valence-electron chi connectivity index (χ1n) is 10.1. The molecule has 0 aliphatic heterocycles. The SMILES string of the molecule is CC(=NCC(=S)Nc1cccc(C(=O)O)c1)c1csc(-c2ccc(C(C)(C)C)cc2)c1O. The number of aromatic hydroxyl groups is 1. The molecule has 0 unspecified atom stereocenters. The predicted octanol–water partition coefficient (Wildman–Crippen LogP) is 6.36. The first-order chi connectivity index (χ1) is 15.1. The summed E-state index contributed by atoms with van der Waals surface area (Å²) in [4.78, 5) is 16.9. The molecule has 0 bridgehead atoms. The lowest BCUT2D eigenvalue weighted by atomic mass is 9.86. The third-order valence-electron chi connectivity index (χ3n) is 5.02. The summed E-state index contributed by atoms with van der Waals surface area (Å²) in [5, 5.41) is 24.8. The Kier molecular flexibility index (Phi) is 7.11. The van der Waals surface area contributed by atoms with E-state index in [4.69, 9.17) is 17.3 Å². The maximum atomic E-state index is 11.1. The summed E-state index contributed by atoms with van der Waals surface area (Å²) in [6.45, 7) is 8.57. The summed E-state index contributed by atoms with van der Waals surface area (Å²) < 4.78 is 0. The minimum absolute atomic E-state index is 0.0752. The van der Waals surface area contributed by atoms with Crippen LogP contribution in [0.5, 0.6) is 5.75 Å². The number of carboxylic acids is 1. The van der Waals surface area contributed by atoms with Crippen LogP contribution < -0.4 is 5.32 Å². The maximum Gasteiger partial charge on any atom is 0.335 e. The Balaban J connectivity index is 1.71. The molecule has 3 N–H and O–H groups in total. The summed E-state index contributed by atoms with van der Waals surface area (Å²) in [5.41, 5.74) is 4.43. The average molecular weight is 467 g/mol. The number of anilines is 1. The molecule has 1 heterocycles. The van der Waals surface area contributed by atoms with E-state index in [1.54, 1.807) is 12.1 Å². The van der Waals surface area contributed by atoms with Crippen LogP contribution in [-0.2, 0) is 5.41 Å². The Morgan fingerprint density at radius 3 is 2.47 bits per heavy atom. The van der Waals surface area contributed by atoms with Gasteiger partial charge < -0.3 is 15.5 Å². The second-order valence-electron chi connectivity index (χ2n) is 8.49. The van der Waals surface area contributed by atoms with Crippen molar-refractivity contribution in [3.63, 3.8) is 0 Å². The lowest BCUT2D eigenvalue weighted by Gasteiger charge is -2.19. The van der Waals surface area contributed by atoms with Gasteiger partial charge in [0.2, 0.25) is 0 Å². The molecule has 0 atom stereocenters. The summed E-state index contributed by atoms with van der Waals surface area (Å²) in [6, 6.07) is 14.7. The lowest BCUT2D eigenvalue weighted by Crippen LogP contribution is -2.14. The highest BCUT2D eigenvalue weighted by atomic mass is 32.1. The van der Waals surface area contributed by atoms with Gasteiger partial charge in [-0.2, -0.15) is 0 Å². The highest BCUT2D eigenvalue weighted by molar-refractivity contribution is 7.80. The maximum absolute atomic E-state index is 11.1. The number of thiophene rings is 1. The first kappa shape index (κ1) is 23.6. The second-order valence-corrected chi connectivity index (χ2v) is 9.86. The second kappa shape index (κ2) is 9.63. The van der Waals surface area contributed by atoms with Crippen LogP contribution >= 0.6 is 23.6 Å². The topological polar surface area (TPSA) is 81.9 Å². The molecule has 0 fully saturated rings. The molecule has 7 heteroatoms. The molecular weight excluding hydrogens is 440 g/mol. The Morgan fingerprint density at radius 1 is 1.16 bits per heavy atom.